The molecule has 19 heavy (non-hydrogen) atoms. The van der Waals surface area contributed by atoms with E-state index in [1.807, 2.05) is 31.2 Å². The van der Waals surface area contributed by atoms with Crippen LogP contribution in [0.3, 0.4) is 0 Å². The van der Waals surface area contributed by atoms with Crippen molar-refractivity contribution in [3.8, 4) is 6.07 Å². The number of aryl methyl sites for hydroxylation is 1. The number of hydrogen-bond acceptors (Lipinski definition) is 3. The molecule has 0 bridgehead atoms. The van der Waals surface area contributed by atoms with Crippen LogP contribution in [-0.4, -0.2) is 9.97 Å². The topological polar surface area (TPSA) is 49.6 Å². The van der Waals surface area contributed by atoms with Crippen molar-refractivity contribution in [2.24, 2.45) is 11.3 Å². The van der Waals surface area contributed by atoms with Gasteiger partial charge in [-0.05, 0) is 30.4 Å². The van der Waals surface area contributed by atoms with E-state index in [1.54, 1.807) is 0 Å². The summed E-state index contributed by atoms with van der Waals surface area (Å²) in [4.78, 5) is 9.44. The molecular formula is C16H17N3. The molecule has 3 nitrogen and oxygen atoms in total. The van der Waals surface area contributed by atoms with E-state index in [9.17, 15) is 0 Å². The molecule has 3 rings (SSSR count). The molecule has 0 aliphatic heterocycles. The standard InChI is InChI=1S/C16H17N3/c1-10-15(14-11(8-9-17)16(14,2)3)19-13-7-5-4-6-12(13)18-10/h4-7,11,14H,8H2,1-3H3/t11-,14-/m1/s1. The van der Waals surface area contributed by atoms with Gasteiger partial charge < -0.3 is 0 Å². The maximum atomic E-state index is 8.93. The predicted molar refractivity (Wildman–Crippen MR) is 74.5 cm³/mol. The van der Waals surface area contributed by atoms with Crippen LogP contribution in [0.5, 0.6) is 0 Å². The average Bonchev–Trinajstić information content (AvgIpc) is 2.91. The summed E-state index contributed by atoms with van der Waals surface area (Å²) >= 11 is 0. The lowest BCUT2D eigenvalue weighted by Gasteiger charge is -2.07. The van der Waals surface area contributed by atoms with Gasteiger partial charge in [0, 0.05) is 12.3 Å². The minimum Gasteiger partial charge on any atom is -0.250 e. The van der Waals surface area contributed by atoms with E-state index in [4.69, 9.17) is 10.2 Å². The zero-order chi connectivity index (χ0) is 13.6. The first-order valence-corrected chi connectivity index (χ1v) is 6.66. The fourth-order valence-corrected chi connectivity index (χ4v) is 3.16. The van der Waals surface area contributed by atoms with Crippen molar-refractivity contribution < 1.29 is 0 Å². The van der Waals surface area contributed by atoms with Crippen LogP contribution in [0.1, 0.15) is 37.6 Å². The summed E-state index contributed by atoms with van der Waals surface area (Å²) < 4.78 is 0. The Hall–Kier alpha value is -1.95. The second-order valence-corrected chi connectivity index (χ2v) is 5.95. The Labute approximate surface area is 113 Å². The van der Waals surface area contributed by atoms with Gasteiger partial charge in [-0.2, -0.15) is 5.26 Å². The summed E-state index contributed by atoms with van der Waals surface area (Å²) in [7, 11) is 0. The Bertz CT molecular complexity index is 682. The predicted octanol–water partition coefficient (Wildman–Crippen LogP) is 3.59. The van der Waals surface area contributed by atoms with Crippen molar-refractivity contribution >= 4 is 11.0 Å². The molecule has 0 amide bonds. The summed E-state index contributed by atoms with van der Waals surface area (Å²) in [5.41, 5.74) is 4.12. The van der Waals surface area contributed by atoms with Gasteiger partial charge in [-0.25, -0.2) is 9.97 Å². The van der Waals surface area contributed by atoms with Gasteiger partial charge in [0.15, 0.2) is 0 Å². The molecular weight excluding hydrogens is 234 g/mol. The van der Waals surface area contributed by atoms with Gasteiger partial charge >= 0.3 is 0 Å². The van der Waals surface area contributed by atoms with Crippen molar-refractivity contribution in [1.82, 2.24) is 9.97 Å². The first kappa shape index (κ1) is 12.1. The number of nitriles is 1. The van der Waals surface area contributed by atoms with Gasteiger partial charge in [-0.15, -0.1) is 0 Å². The van der Waals surface area contributed by atoms with Crippen molar-refractivity contribution in [2.45, 2.75) is 33.1 Å². The van der Waals surface area contributed by atoms with E-state index in [2.05, 4.69) is 24.9 Å². The van der Waals surface area contributed by atoms with Crippen LogP contribution >= 0.6 is 0 Å². The quantitative estimate of drug-likeness (QED) is 0.819. The Balaban J connectivity index is 2.07. The first-order valence-electron chi connectivity index (χ1n) is 6.66. The molecule has 1 saturated carbocycles. The fraction of sp³-hybridized carbons (Fsp3) is 0.438. The zero-order valence-corrected chi connectivity index (χ0v) is 11.5. The zero-order valence-electron chi connectivity index (χ0n) is 11.5. The van der Waals surface area contributed by atoms with Gasteiger partial charge in [0.2, 0.25) is 0 Å². The lowest BCUT2D eigenvalue weighted by Crippen LogP contribution is -2.00. The van der Waals surface area contributed by atoms with Crippen LogP contribution in [0.2, 0.25) is 0 Å². The first-order chi connectivity index (χ1) is 9.05. The molecule has 1 aliphatic rings. The van der Waals surface area contributed by atoms with Crippen molar-refractivity contribution in [3.63, 3.8) is 0 Å². The molecule has 0 radical (unpaired) electrons. The Kier molecular flexibility index (Phi) is 2.56. The maximum absolute atomic E-state index is 8.93. The minimum absolute atomic E-state index is 0.164. The van der Waals surface area contributed by atoms with Gasteiger partial charge in [0.25, 0.3) is 0 Å². The summed E-state index contributed by atoms with van der Waals surface area (Å²) in [6, 6.07) is 10.3. The van der Waals surface area contributed by atoms with E-state index in [0.717, 1.165) is 22.4 Å². The summed E-state index contributed by atoms with van der Waals surface area (Å²) in [5, 5.41) is 8.93. The van der Waals surface area contributed by atoms with Crippen LogP contribution in [0, 0.1) is 29.6 Å². The highest BCUT2D eigenvalue weighted by atomic mass is 14.9. The fourth-order valence-electron chi connectivity index (χ4n) is 3.16. The van der Waals surface area contributed by atoms with Crippen LogP contribution < -0.4 is 0 Å². The molecule has 1 aromatic heterocycles. The van der Waals surface area contributed by atoms with Crippen molar-refractivity contribution in [1.29, 1.82) is 5.26 Å². The smallest absolute Gasteiger partial charge is 0.0890 e. The molecule has 1 aromatic carbocycles. The molecule has 0 N–H and O–H groups in total. The third kappa shape index (κ3) is 1.79. The molecule has 1 fully saturated rings. The van der Waals surface area contributed by atoms with Gasteiger partial charge in [0.1, 0.15) is 0 Å². The van der Waals surface area contributed by atoms with E-state index < -0.39 is 0 Å². The van der Waals surface area contributed by atoms with Crippen molar-refractivity contribution in [3.05, 3.63) is 35.7 Å². The number of nitrogens with zero attached hydrogens (tertiary/aromatic N) is 3. The SMILES string of the molecule is Cc1nc2ccccc2nc1[C@H]1[C@@H](CC#N)C1(C)C. The Morgan fingerprint density at radius 2 is 1.84 bits per heavy atom. The molecule has 1 heterocycles. The van der Waals surface area contributed by atoms with Crippen molar-refractivity contribution in [2.75, 3.05) is 0 Å². The van der Waals surface area contributed by atoms with E-state index in [-0.39, 0.29) is 5.41 Å². The van der Waals surface area contributed by atoms with Crippen LogP contribution in [0.4, 0.5) is 0 Å². The second-order valence-electron chi connectivity index (χ2n) is 5.95. The maximum Gasteiger partial charge on any atom is 0.0890 e. The monoisotopic (exact) mass is 251 g/mol. The number of fused-ring (bicyclic) bond motifs is 1. The summed E-state index contributed by atoms with van der Waals surface area (Å²) in [5.74, 6) is 0.774. The van der Waals surface area contributed by atoms with Gasteiger partial charge in [-0.3, -0.25) is 0 Å². The third-order valence-corrected chi connectivity index (χ3v) is 4.44. The van der Waals surface area contributed by atoms with Crippen LogP contribution in [0.15, 0.2) is 24.3 Å². The molecule has 0 spiro atoms. The average molecular weight is 251 g/mol. The largest absolute Gasteiger partial charge is 0.250 e. The summed E-state index contributed by atoms with van der Waals surface area (Å²) in [6.07, 6.45) is 0.603. The molecule has 0 unspecified atom stereocenters. The summed E-state index contributed by atoms with van der Waals surface area (Å²) in [6.45, 7) is 6.46. The molecule has 2 atom stereocenters. The highest BCUT2D eigenvalue weighted by Crippen LogP contribution is 2.65. The normalized spacial score (nSPS) is 24.1. The van der Waals surface area contributed by atoms with E-state index >= 15 is 0 Å². The Morgan fingerprint density at radius 1 is 1.21 bits per heavy atom. The number of benzene rings is 1. The molecule has 3 heteroatoms. The number of hydrogen-bond donors (Lipinski definition) is 0. The molecule has 96 valence electrons. The third-order valence-electron chi connectivity index (χ3n) is 4.44. The number of rotatable bonds is 2. The highest BCUT2D eigenvalue weighted by molar-refractivity contribution is 5.74. The van der Waals surface area contributed by atoms with Crippen LogP contribution in [-0.2, 0) is 0 Å². The highest BCUT2D eigenvalue weighted by Gasteiger charge is 2.59. The molecule has 0 saturated heterocycles. The van der Waals surface area contributed by atoms with Gasteiger partial charge in [-0.1, -0.05) is 26.0 Å². The lowest BCUT2D eigenvalue weighted by atomic mass is 10.1. The van der Waals surface area contributed by atoms with E-state index in [0.29, 0.717) is 18.3 Å². The number of aromatic nitrogens is 2. The van der Waals surface area contributed by atoms with Crippen LogP contribution in [0.25, 0.3) is 11.0 Å². The minimum atomic E-state index is 0.164. The van der Waals surface area contributed by atoms with E-state index in [1.165, 1.54) is 0 Å². The second kappa shape index (κ2) is 4.03. The number of para-hydroxylation sites is 2. The molecule has 2 aromatic rings. The molecule has 1 aliphatic carbocycles. The van der Waals surface area contributed by atoms with Gasteiger partial charge in [0.05, 0.1) is 28.5 Å². The Morgan fingerprint density at radius 3 is 2.47 bits per heavy atom. The lowest BCUT2D eigenvalue weighted by molar-refractivity contribution is 0.557.